The van der Waals surface area contributed by atoms with Crippen LogP contribution in [0.5, 0.6) is 11.5 Å². The predicted molar refractivity (Wildman–Crippen MR) is 152 cm³/mol. The number of carbonyl (C=O) groups excluding carboxylic acids is 3. The topological polar surface area (TPSA) is 115 Å². The number of aromatic nitrogens is 1. The standard InChI is InChI=1S/C30H30N2O7S/c1-6-14-38-21-11-8-19(9-12-21)24-23(25(33)20-10-13-22(17(3)16-20)39-15-7-2)26(34)28(35)32(24)30-31-18(4)27(40-30)29(36)37-5/h6,8-13,16,24,33H,1,7,14-15H2,2-5H3/b25-23-. The molecule has 1 aliphatic rings. The number of ketones is 1. The molecule has 3 aromatic rings. The minimum Gasteiger partial charge on any atom is -0.507 e. The number of carbonyl (C=O) groups is 3. The molecule has 1 saturated heterocycles. The Kier molecular flexibility index (Phi) is 8.69. The second-order valence-corrected chi connectivity index (χ2v) is 10.0. The van der Waals surface area contributed by atoms with Crippen molar-refractivity contribution in [1.82, 2.24) is 4.98 Å². The molecule has 1 aromatic heterocycles. The second-order valence-electron chi connectivity index (χ2n) is 9.07. The Hall–Kier alpha value is -4.44. The molecule has 0 aliphatic carbocycles. The summed E-state index contributed by atoms with van der Waals surface area (Å²) in [7, 11) is 1.25. The van der Waals surface area contributed by atoms with Gasteiger partial charge in [-0.15, -0.1) is 0 Å². The van der Waals surface area contributed by atoms with Crippen molar-refractivity contribution in [3.63, 3.8) is 0 Å². The smallest absolute Gasteiger partial charge is 0.350 e. The van der Waals surface area contributed by atoms with Crippen LogP contribution in [0.3, 0.4) is 0 Å². The van der Waals surface area contributed by atoms with E-state index in [1.54, 1.807) is 55.5 Å². The van der Waals surface area contributed by atoms with E-state index in [-0.39, 0.29) is 21.3 Å². The van der Waals surface area contributed by atoms with Crippen molar-refractivity contribution < 1.29 is 33.7 Å². The first-order valence-corrected chi connectivity index (χ1v) is 13.5. The highest BCUT2D eigenvalue weighted by Gasteiger charge is 2.48. The molecule has 1 atom stereocenters. The maximum atomic E-state index is 13.5. The van der Waals surface area contributed by atoms with Crippen LogP contribution >= 0.6 is 11.3 Å². The number of ether oxygens (including phenoxy) is 3. The number of esters is 1. The summed E-state index contributed by atoms with van der Waals surface area (Å²) in [6.07, 6.45) is 2.46. The fourth-order valence-corrected chi connectivity index (χ4v) is 5.35. The molecule has 0 saturated carbocycles. The van der Waals surface area contributed by atoms with E-state index >= 15 is 0 Å². The highest BCUT2D eigenvalue weighted by molar-refractivity contribution is 7.17. The van der Waals surface area contributed by atoms with Gasteiger partial charge in [0.25, 0.3) is 5.78 Å². The van der Waals surface area contributed by atoms with Crippen LogP contribution < -0.4 is 14.4 Å². The second kappa shape index (κ2) is 12.2. The lowest BCUT2D eigenvalue weighted by atomic mass is 9.95. The molecule has 1 aliphatic heterocycles. The molecule has 1 fully saturated rings. The van der Waals surface area contributed by atoms with E-state index in [2.05, 4.69) is 11.6 Å². The summed E-state index contributed by atoms with van der Waals surface area (Å²) in [4.78, 5) is 45.1. The average Bonchev–Trinajstić information content (AvgIpc) is 3.46. The third-order valence-electron chi connectivity index (χ3n) is 6.28. The minimum absolute atomic E-state index is 0.0983. The number of benzene rings is 2. The summed E-state index contributed by atoms with van der Waals surface area (Å²) in [6, 6.07) is 10.9. The molecule has 1 unspecified atom stereocenters. The molecule has 1 amide bonds. The lowest BCUT2D eigenvalue weighted by Crippen LogP contribution is -2.29. The molecule has 40 heavy (non-hydrogen) atoms. The lowest BCUT2D eigenvalue weighted by molar-refractivity contribution is -0.132. The number of nitrogens with zero attached hydrogens (tertiary/aromatic N) is 2. The number of hydrogen-bond donors (Lipinski definition) is 1. The Bertz CT molecular complexity index is 1490. The van der Waals surface area contributed by atoms with E-state index < -0.39 is 23.7 Å². The van der Waals surface area contributed by atoms with Gasteiger partial charge in [0.15, 0.2) is 5.13 Å². The van der Waals surface area contributed by atoms with Crippen molar-refractivity contribution in [3.05, 3.63) is 88.0 Å². The van der Waals surface area contributed by atoms with Crippen LogP contribution in [0.4, 0.5) is 5.13 Å². The fraction of sp³-hybridized carbons (Fsp3) is 0.267. The number of hydrogen-bond acceptors (Lipinski definition) is 9. The first kappa shape index (κ1) is 28.6. The number of thiazole rings is 1. The van der Waals surface area contributed by atoms with Crippen molar-refractivity contribution >= 4 is 39.9 Å². The van der Waals surface area contributed by atoms with Gasteiger partial charge in [-0.25, -0.2) is 9.78 Å². The lowest BCUT2D eigenvalue weighted by Gasteiger charge is -2.23. The SMILES string of the molecule is C=CCOc1ccc(C2/C(=C(/O)c3ccc(OCCC)c(C)c3)C(=O)C(=O)N2c2nc(C)c(C(=O)OC)s2)cc1. The molecule has 2 heterocycles. The van der Waals surface area contributed by atoms with Crippen LogP contribution in [0.15, 0.2) is 60.7 Å². The van der Waals surface area contributed by atoms with Gasteiger partial charge in [0.1, 0.15) is 28.7 Å². The highest BCUT2D eigenvalue weighted by Crippen LogP contribution is 2.44. The monoisotopic (exact) mass is 562 g/mol. The molecule has 208 valence electrons. The number of rotatable bonds is 10. The van der Waals surface area contributed by atoms with Gasteiger partial charge < -0.3 is 19.3 Å². The Balaban J connectivity index is 1.86. The maximum absolute atomic E-state index is 13.5. The number of aliphatic hydroxyl groups excluding tert-OH is 1. The molecule has 2 aromatic carbocycles. The van der Waals surface area contributed by atoms with Crippen LogP contribution in [-0.4, -0.2) is 48.1 Å². The van der Waals surface area contributed by atoms with E-state index in [0.717, 1.165) is 23.3 Å². The van der Waals surface area contributed by atoms with Crippen molar-refractivity contribution in [2.75, 3.05) is 25.2 Å². The number of anilines is 1. The Morgan fingerprint density at radius 1 is 1.15 bits per heavy atom. The molecule has 4 rings (SSSR count). The number of aryl methyl sites for hydroxylation is 2. The van der Waals surface area contributed by atoms with Gasteiger partial charge in [0.2, 0.25) is 0 Å². The van der Waals surface area contributed by atoms with E-state index in [1.165, 1.54) is 12.0 Å². The summed E-state index contributed by atoms with van der Waals surface area (Å²) in [5.74, 6) is -1.44. The highest BCUT2D eigenvalue weighted by atomic mass is 32.1. The van der Waals surface area contributed by atoms with Gasteiger partial charge in [-0.3, -0.25) is 14.5 Å². The number of methoxy groups -OCH3 is 1. The van der Waals surface area contributed by atoms with Crippen molar-refractivity contribution in [2.45, 2.75) is 33.2 Å². The molecule has 10 heteroatoms. The van der Waals surface area contributed by atoms with Gasteiger partial charge in [-0.05, 0) is 61.7 Å². The zero-order chi connectivity index (χ0) is 29.0. The molecule has 0 spiro atoms. The Morgan fingerprint density at radius 3 is 2.50 bits per heavy atom. The molecular formula is C30H30N2O7S. The van der Waals surface area contributed by atoms with Gasteiger partial charge in [-0.2, -0.15) is 0 Å². The minimum atomic E-state index is -1.01. The molecular weight excluding hydrogens is 532 g/mol. The van der Waals surface area contributed by atoms with Crippen LogP contribution in [0.1, 0.15) is 51.4 Å². The zero-order valence-electron chi connectivity index (χ0n) is 22.7. The van der Waals surface area contributed by atoms with Crippen LogP contribution in [0.2, 0.25) is 0 Å². The van der Waals surface area contributed by atoms with Crippen LogP contribution in [0, 0.1) is 13.8 Å². The normalized spacial score (nSPS) is 16.2. The fourth-order valence-electron chi connectivity index (χ4n) is 4.34. The summed E-state index contributed by atoms with van der Waals surface area (Å²) < 4.78 is 16.2. The Morgan fingerprint density at radius 2 is 1.88 bits per heavy atom. The van der Waals surface area contributed by atoms with Crippen molar-refractivity contribution in [2.24, 2.45) is 0 Å². The molecule has 9 nitrogen and oxygen atoms in total. The summed E-state index contributed by atoms with van der Waals surface area (Å²) >= 11 is 0.940. The van der Waals surface area contributed by atoms with Crippen LogP contribution in [0.25, 0.3) is 5.76 Å². The summed E-state index contributed by atoms with van der Waals surface area (Å²) in [5.41, 5.74) is 1.93. The van der Waals surface area contributed by atoms with Crippen LogP contribution in [-0.2, 0) is 14.3 Å². The first-order valence-electron chi connectivity index (χ1n) is 12.7. The van der Waals surface area contributed by atoms with E-state index in [9.17, 15) is 19.5 Å². The van der Waals surface area contributed by atoms with Crippen molar-refractivity contribution in [3.8, 4) is 11.5 Å². The quantitative estimate of drug-likeness (QED) is 0.113. The van der Waals surface area contributed by atoms with Gasteiger partial charge in [0.05, 0.1) is 31.0 Å². The summed E-state index contributed by atoms with van der Waals surface area (Å²) in [6.45, 7) is 9.96. The Labute approximate surface area is 236 Å². The predicted octanol–water partition coefficient (Wildman–Crippen LogP) is 5.53. The third kappa shape index (κ3) is 5.48. The van der Waals surface area contributed by atoms with Gasteiger partial charge in [-0.1, -0.05) is 43.0 Å². The number of Topliss-reactive ketones (excluding diaryl/α,β-unsaturated/α-hetero) is 1. The molecule has 0 radical (unpaired) electrons. The van der Waals surface area contributed by atoms with E-state index in [4.69, 9.17) is 14.2 Å². The number of amides is 1. The van der Waals surface area contributed by atoms with E-state index in [1.807, 2.05) is 13.8 Å². The first-order chi connectivity index (χ1) is 19.2. The van der Waals surface area contributed by atoms with E-state index in [0.29, 0.717) is 41.5 Å². The molecule has 0 bridgehead atoms. The third-order valence-corrected chi connectivity index (χ3v) is 7.42. The maximum Gasteiger partial charge on any atom is 0.350 e. The average molecular weight is 563 g/mol. The number of aliphatic hydroxyl groups is 1. The molecule has 1 N–H and O–H groups in total. The van der Waals surface area contributed by atoms with Gasteiger partial charge >= 0.3 is 11.9 Å². The zero-order valence-corrected chi connectivity index (χ0v) is 23.5. The summed E-state index contributed by atoms with van der Waals surface area (Å²) in [5, 5.41) is 11.6. The van der Waals surface area contributed by atoms with Crippen molar-refractivity contribution in [1.29, 1.82) is 0 Å². The largest absolute Gasteiger partial charge is 0.507 e. The van der Waals surface area contributed by atoms with Gasteiger partial charge in [0, 0.05) is 5.56 Å².